The van der Waals surface area contributed by atoms with Gasteiger partial charge in [0.05, 0.1) is 0 Å². The van der Waals surface area contributed by atoms with Gasteiger partial charge in [-0.1, -0.05) is 17.7 Å². The Hall–Kier alpha value is -1.12. The average Bonchev–Trinajstić information content (AvgIpc) is 2.64. The van der Waals surface area contributed by atoms with Gasteiger partial charge in [0.25, 0.3) is 0 Å². The maximum Gasteiger partial charge on any atom is 0.187 e. The summed E-state index contributed by atoms with van der Waals surface area (Å²) in [5, 5.41) is 9.15. The number of nitrogens with zero attached hydrogens (tertiary/aromatic N) is 2. The van der Waals surface area contributed by atoms with Crippen LogP contribution in [0.2, 0.25) is 5.15 Å². The minimum atomic E-state index is -2.53. The zero-order chi connectivity index (χ0) is 12.3. The summed E-state index contributed by atoms with van der Waals surface area (Å²) in [6, 6.07) is 3.62. The predicted molar refractivity (Wildman–Crippen MR) is 69.1 cm³/mol. The van der Waals surface area contributed by atoms with Gasteiger partial charge in [0.15, 0.2) is 6.19 Å². The molecule has 1 atom stereocenters. The molecule has 1 aliphatic heterocycles. The van der Waals surface area contributed by atoms with Crippen molar-refractivity contribution in [3.05, 3.63) is 29.0 Å². The smallest absolute Gasteiger partial charge is 0.187 e. The molecule has 17 heavy (non-hydrogen) atoms. The largest absolute Gasteiger partial charge is 0.265 e. The first-order chi connectivity index (χ1) is 8.14. The van der Waals surface area contributed by atoms with E-state index in [0.29, 0.717) is 17.3 Å². The Labute approximate surface area is 107 Å². The highest BCUT2D eigenvalue weighted by Gasteiger charge is 2.32. The van der Waals surface area contributed by atoms with Crippen molar-refractivity contribution in [2.75, 3.05) is 5.75 Å². The number of hydrogen-bond acceptors (Lipinski definition) is 3. The van der Waals surface area contributed by atoms with Gasteiger partial charge >= 0.3 is 0 Å². The Morgan fingerprint density at radius 1 is 1.65 bits per heavy atom. The van der Waals surface area contributed by atoms with E-state index in [2.05, 4.69) is 9.71 Å². The molecule has 0 aromatic carbocycles. The average molecular weight is 272 g/mol. The summed E-state index contributed by atoms with van der Waals surface area (Å²) in [5.74, 6) is 0.617. The molecular formula is C11H14ClN3OS. The third kappa shape index (κ3) is 2.76. The lowest BCUT2D eigenvalue weighted by atomic mass is 10.1. The van der Waals surface area contributed by atoms with Crippen LogP contribution < -0.4 is 4.72 Å². The fourth-order valence-corrected chi connectivity index (χ4v) is 4.93. The molecule has 1 aliphatic rings. The van der Waals surface area contributed by atoms with Crippen LogP contribution >= 0.6 is 11.6 Å². The Balaban J connectivity index is 2.11. The first-order valence-corrected chi connectivity index (χ1v) is 7.83. The van der Waals surface area contributed by atoms with E-state index in [1.54, 1.807) is 12.3 Å². The summed E-state index contributed by atoms with van der Waals surface area (Å²) in [6.07, 6.45) is 6.03. The lowest BCUT2D eigenvalue weighted by Crippen LogP contribution is -2.37. The minimum absolute atomic E-state index is 0.0464. The number of aromatic nitrogens is 1. The molecule has 0 amide bonds. The van der Waals surface area contributed by atoms with Crippen LogP contribution in [0.1, 0.15) is 18.4 Å². The monoisotopic (exact) mass is 271 g/mol. The summed E-state index contributed by atoms with van der Waals surface area (Å²) in [6.45, 7) is 0. The van der Waals surface area contributed by atoms with Crippen LogP contribution in [0.3, 0.4) is 0 Å². The molecule has 1 fully saturated rings. The lowest BCUT2D eigenvalue weighted by molar-refractivity contribution is 0.655. The van der Waals surface area contributed by atoms with E-state index in [1.807, 2.05) is 12.3 Å². The Bertz CT molecular complexity index is 482. The second-order valence-corrected chi connectivity index (χ2v) is 7.61. The van der Waals surface area contributed by atoms with Crippen molar-refractivity contribution in [2.24, 2.45) is 0 Å². The van der Waals surface area contributed by atoms with Crippen molar-refractivity contribution in [1.29, 1.82) is 5.26 Å². The van der Waals surface area contributed by atoms with E-state index in [-0.39, 0.29) is 5.25 Å². The third-order valence-corrected chi connectivity index (χ3v) is 6.42. The molecule has 0 spiro atoms. The van der Waals surface area contributed by atoms with Gasteiger partial charge in [0.2, 0.25) is 0 Å². The van der Waals surface area contributed by atoms with Gasteiger partial charge < -0.3 is 0 Å². The number of rotatable bonds is 3. The normalized spacial score (nSPS) is 23.9. The highest BCUT2D eigenvalue weighted by atomic mass is 35.5. The first kappa shape index (κ1) is 12.3. The molecule has 92 valence electrons. The molecule has 4 nitrogen and oxygen atoms in total. The Morgan fingerprint density at radius 2 is 2.47 bits per heavy atom. The molecule has 1 aromatic rings. The predicted octanol–water partition coefficient (Wildman–Crippen LogP) is 1.44. The molecule has 1 unspecified atom stereocenters. The van der Waals surface area contributed by atoms with E-state index in [1.165, 1.54) is 0 Å². The zero-order valence-corrected chi connectivity index (χ0v) is 10.9. The highest BCUT2D eigenvalue weighted by Crippen LogP contribution is 2.27. The number of pyridine rings is 1. The van der Waals surface area contributed by atoms with Gasteiger partial charge in [-0.2, -0.15) is 5.26 Å². The summed E-state index contributed by atoms with van der Waals surface area (Å²) in [7, 11) is -2.53. The maximum absolute atomic E-state index is 12.4. The Kier molecular flexibility index (Phi) is 3.65. The SMILES string of the molecule is N#CN[SH]1(=O)CCCC1Cc1ccc(Cl)nc1. The number of halogens is 1. The van der Waals surface area contributed by atoms with Gasteiger partial charge in [0.1, 0.15) is 5.15 Å². The van der Waals surface area contributed by atoms with Crippen molar-refractivity contribution >= 4 is 21.7 Å². The number of thiol groups is 1. The van der Waals surface area contributed by atoms with Crippen molar-refractivity contribution in [2.45, 2.75) is 24.5 Å². The number of nitriles is 1. The summed E-state index contributed by atoms with van der Waals surface area (Å²) in [5.41, 5.74) is 1.02. The highest BCUT2D eigenvalue weighted by molar-refractivity contribution is 8.02. The fraction of sp³-hybridized carbons (Fsp3) is 0.455. The molecule has 0 saturated carbocycles. The molecule has 2 rings (SSSR count). The number of nitrogens with one attached hydrogen (secondary N) is 1. The molecule has 1 saturated heterocycles. The van der Waals surface area contributed by atoms with Crippen LogP contribution in [-0.4, -0.2) is 20.2 Å². The fourth-order valence-electron chi connectivity index (χ4n) is 2.23. The second-order valence-electron chi connectivity index (χ2n) is 4.23. The van der Waals surface area contributed by atoms with Crippen molar-refractivity contribution in [3.63, 3.8) is 0 Å². The van der Waals surface area contributed by atoms with Gasteiger partial charge in [0, 0.05) is 17.2 Å². The van der Waals surface area contributed by atoms with Crippen LogP contribution in [0.4, 0.5) is 0 Å². The second kappa shape index (κ2) is 5.03. The molecule has 0 bridgehead atoms. The van der Waals surface area contributed by atoms with Crippen molar-refractivity contribution < 1.29 is 4.21 Å². The molecule has 6 heteroatoms. The molecule has 0 radical (unpaired) electrons. The molecular weight excluding hydrogens is 258 g/mol. The van der Waals surface area contributed by atoms with Gasteiger partial charge in [-0.3, -0.25) is 8.93 Å². The summed E-state index contributed by atoms with van der Waals surface area (Å²) < 4.78 is 15.0. The standard InChI is InChI=1S/C11H14ClN3OS/c12-11-4-3-9(7-14-11)6-10-2-1-5-17(10,16)15-8-13/h3-4,7,10,17H,1-2,5-6H2,(H,15,16). The van der Waals surface area contributed by atoms with Crippen LogP contribution in [0.15, 0.2) is 18.3 Å². The summed E-state index contributed by atoms with van der Waals surface area (Å²) >= 11 is 5.71. The van der Waals surface area contributed by atoms with Crippen LogP contribution in [0.5, 0.6) is 0 Å². The van der Waals surface area contributed by atoms with E-state index < -0.39 is 10.1 Å². The van der Waals surface area contributed by atoms with Crippen LogP contribution in [0, 0.1) is 11.5 Å². The Morgan fingerprint density at radius 3 is 3.12 bits per heavy atom. The van der Waals surface area contributed by atoms with Crippen LogP contribution in [-0.2, 0) is 16.5 Å². The molecule has 1 aromatic heterocycles. The maximum atomic E-state index is 12.4. The van der Waals surface area contributed by atoms with E-state index in [9.17, 15) is 4.21 Å². The van der Waals surface area contributed by atoms with E-state index in [0.717, 1.165) is 18.4 Å². The molecule has 1 N–H and O–H groups in total. The van der Waals surface area contributed by atoms with Gasteiger partial charge in [-0.05, 0) is 41.0 Å². The topological polar surface area (TPSA) is 65.8 Å². The van der Waals surface area contributed by atoms with Crippen molar-refractivity contribution in [3.8, 4) is 6.19 Å². The lowest BCUT2D eigenvalue weighted by Gasteiger charge is -2.24. The summed E-state index contributed by atoms with van der Waals surface area (Å²) in [4.78, 5) is 4.01. The van der Waals surface area contributed by atoms with Crippen LogP contribution in [0.25, 0.3) is 0 Å². The minimum Gasteiger partial charge on any atom is -0.265 e. The van der Waals surface area contributed by atoms with Crippen molar-refractivity contribution in [1.82, 2.24) is 9.71 Å². The first-order valence-electron chi connectivity index (χ1n) is 5.49. The molecule has 2 heterocycles. The number of hydrogen-bond donors (Lipinski definition) is 2. The van der Waals surface area contributed by atoms with E-state index in [4.69, 9.17) is 16.9 Å². The molecule has 0 aliphatic carbocycles. The van der Waals surface area contributed by atoms with Gasteiger partial charge in [-0.15, -0.1) is 0 Å². The third-order valence-electron chi connectivity index (χ3n) is 3.12. The quantitative estimate of drug-likeness (QED) is 0.378. The van der Waals surface area contributed by atoms with E-state index >= 15 is 0 Å². The zero-order valence-electron chi connectivity index (χ0n) is 9.27. The van der Waals surface area contributed by atoms with Gasteiger partial charge in [-0.25, -0.2) is 4.98 Å².